The summed E-state index contributed by atoms with van der Waals surface area (Å²) in [5, 5.41) is 4.13. The SMILES string of the molecule is Cc1cc(-c2noc(C3(N)CCCCCC3)n2)cc(C)n1. The number of nitrogens with two attached hydrogens (primary N) is 1. The molecule has 1 fully saturated rings. The lowest BCUT2D eigenvalue weighted by Gasteiger charge is -2.22. The molecule has 5 nitrogen and oxygen atoms in total. The van der Waals surface area contributed by atoms with Crippen molar-refractivity contribution < 1.29 is 4.52 Å². The molecule has 0 unspecified atom stereocenters. The summed E-state index contributed by atoms with van der Waals surface area (Å²) in [5.74, 6) is 1.18. The van der Waals surface area contributed by atoms with E-state index >= 15 is 0 Å². The average Bonchev–Trinajstić information content (AvgIpc) is 2.83. The minimum absolute atomic E-state index is 0.459. The van der Waals surface area contributed by atoms with E-state index < -0.39 is 5.54 Å². The van der Waals surface area contributed by atoms with Crippen LogP contribution in [0.3, 0.4) is 0 Å². The first-order chi connectivity index (χ1) is 10.1. The van der Waals surface area contributed by atoms with Gasteiger partial charge in [0, 0.05) is 17.0 Å². The first-order valence-corrected chi connectivity index (χ1v) is 7.66. The fourth-order valence-corrected chi connectivity index (χ4v) is 3.08. The van der Waals surface area contributed by atoms with E-state index in [4.69, 9.17) is 10.3 Å². The number of pyridine rings is 1. The zero-order valence-corrected chi connectivity index (χ0v) is 12.7. The molecule has 5 heteroatoms. The molecule has 0 radical (unpaired) electrons. The molecular formula is C16H22N4O. The molecule has 2 aromatic heterocycles. The zero-order chi connectivity index (χ0) is 14.9. The van der Waals surface area contributed by atoms with Crippen molar-refractivity contribution in [2.24, 2.45) is 5.73 Å². The maximum absolute atomic E-state index is 6.52. The van der Waals surface area contributed by atoms with Gasteiger partial charge < -0.3 is 10.3 Å². The largest absolute Gasteiger partial charge is 0.337 e. The summed E-state index contributed by atoms with van der Waals surface area (Å²) in [6.45, 7) is 3.93. The molecule has 2 heterocycles. The molecule has 0 aliphatic heterocycles. The second-order valence-electron chi connectivity index (χ2n) is 6.13. The van der Waals surface area contributed by atoms with Gasteiger partial charge in [0.25, 0.3) is 0 Å². The van der Waals surface area contributed by atoms with Gasteiger partial charge in [-0.25, -0.2) is 0 Å². The van der Waals surface area contributed by atoms with Crippen molar-refractivity contribution in [1.82, 2.24) is 15.1 Å². The summed E-state index contributed by atoms with van der Waals surface area (Å²) in [6, 6.07) is 3.94. The van der Waals surface area contributed by atoms with E-state index in [9.17, 15) is 0 Å². The minimum Gasteiger partial charge on any atom is -0.337 e. The van der Waals surface area contributed by atoms with Crippen LogP contribution >= 0.6 is 0 Å². The Morgan fingerprint density at radius 2 is 1.62 bits per heavy atom. The zero-order valence-electron chi connectivity index (χ0n) is 12.7. The van der Waals surface area contributed by atoms with E-state index in [1.807, 2.05) is 26.0 Å². The fraction of sp³-hybridized carbons (Fsp3) is 0.562. The van der Waals surface area contributed by atoms with Crippen molar-refractivity contribution in [3.8, 4) is 11.4 Å². The highest BCUT2D eigenvalue weighted by Gasteiger charge is 2.34. The van der Waals surface area contributed by atoms with E-state index in [0.29, 0.717) is 11.7 Å². The van der Waals surface area contributed by atoms with Crippen LogP contribution in [0.25, 0.3) is 11.4 Å². The Morgan fingerprint density at radius 3 is 2.24 bits per heavy atom. The van der Waals surface area contributed by atoms with Crippen LogP contribution in [0.4, 0.5) is 0 Å². The quantitative estimate of drug-likeness (QED) is 0.857. The van der Waals surface area contributed by atoms with Gasteiger partial charge in [-0.15, -0.1) is 0 Å². The van der Waals surface area contributed by atoms with Crippen LogP contribution in [0.15, 0.2) is 16.7 Å². The lowest BCUT2D eigenvalue weighted by atomic mass is 9.91. The van der Waals surface area contributed by atoms with Crippen molar-refractivity contribution in [1.29, 1.82) is 0 Å². The molecule has 2 aromatic rings. The third kappa shape index (κ3) is 2.97. The molecule has 0 aromatic carbocycles. The molecule has 0 spiro atoms. The lowest BCUT2D eigenvalue weighted by molar-refractivity contribution is 0.257. The summed E-state index contributed by atoms with van der Waals surface area (Å²) in [5.41, 5.74) is 8.90. The van der Waals surface area contributed by atoms with E-state index in [0.717, 1.165) is 42.6 Å². The first-order valence-electron chi connectivity index (χ1n) is 7.66. The third-order valence-corrected chi connectivity index (χ3v) is 4.19. The Hall–Kier alpha value is -1.75. The van der Waals surface area contributed by atoms with Crippen LogP contribution in [0.1, 0.15) is 55.8 Å². The van der Waals surface area contributed by atoms with E-state index in [-0.39, 0.29) is 0 Å². The summed E-state index contributed by atoms with van der Waals surface area (Å²) in [6.07, 6.45) is 6.57. The molecular weight excluding hydrogens is 264 g/mol. The van der Waals surface area contributed by atoms with Crippen LogP contribution < -0.4 is 5.73 Å². The summed E-state index contributed by atoms with van der Waals surface area (Å²) < 4.78 is 5.49. The average molecular weight is 286 g/mol. The van der Waals surface area contributed by atoms with Gasteiger partial charge in [-0.05, 0) is 38.8 Å². The van der Waals surface area contributed by atoms with Crippen molar-refractivity contribution in [2.75, 3.05) is 0 Å². The predicted molar refractivity (Wildman–Crippen MR) is 80.6 cm³/mol. The van der Waals surface area contributed by atoms with Gasteiger partial charge in [0.2, 0.25) is 11.7 Å². The Balaban J connectivity index is 1.92. The van der Waals surface area contributed by atoms with Gasteiger partial charge in [-0.2, -0.15) is 4.98 Å². The topological polar surface area (TPSA) is 77.8 Å². The van der Waals surface area contributed by atoms with Gasteiger partial charge in [0.05, 0.1) is 5.54 Å². The van der Waals surface area contributed by atoms with E-state index in [1.54, 1.807) is 0 Å². The summed E-state index contributed by atoms with van der Waals surface area (Å²) >= 11 is 0. The first kappa shape index (κ1) is 14.2. The van der Waals surface area contributed by atoms with E-state index in [1.165, 1.54) is 12.8 Å². The molecule has 0 amide bonds. The smallest absolute Gasteiger partial charge is 0.247 e. The molecule has 0 bridgehead atoms. The number of aryl methyl sites for hydroxylation is 2. The summed E-state index contributed by atoms with van der Waals surface area (Å²) in [4.78, 5) is 8.94. The Labute approximate surface area is 125 Å². The van der Waals surface area contributed by atoms with Gasteiger partial charge in [-0.1, -0.05) is 30.8 Å². The molecule has 0 atom stereocenters. The normalized spacial score (nSPS) is 18.4. The van der Waals surface area contributed by atoms with Crippen molar-refractivity contribution in [3.05, 3.63) is 29.4 Å². The number of rotatable bonds is 2. The Morgan fingerprint density at radius 1 is 1.00 bits per heavy atom. The number of hydrogen-bond acceptors (Lipinski definition) is 5. The Kier molecular flexibility index (Phi) is 3.76. The minimum atomic E-state index is -0.459. The molecule has 1 aliphatic carbocycles. The highest BCUT2D eigenvalue weighted by atomic mass is 16.5. The number of nitrogens with zero attached hydrogens (tertiary/aromatic N) is 3. The molecule has 21 heavy (non-hydrogen) atoms. The Bertz CT molecular complexity index is 607. The van der Waals surface area contributed by atoms with Crippen LogP contribution in [0.2, 0.25) is 0 Å². The summed E-state index contributed by atoms with van der Waals surface area (Å²) in [7, 11) is 0. The second kappa shape index (κ2) is 5.56. The lowest BCUT2D eigenvalue weighted by Crippen LogP contribution is -2.36. The number of hydrogen-bond donors (Lipinski definition) is 1. The van der Waals surface area contributed by atoms with E-state index in [2.05, 4.69) is 15.1 Å². The van der Waals surface area contributed by atoms with Gasteiger partial charge in [-0.3, -0.25) is 4.98 Å². The van der Waals surface area contributed by atoms with Crippen LogP contribution in [-0.2, 0) is 5.54 Å². The third-order valence-electron chi connectivity index (χ3n) is 4.19. The standard InChI is InChI=1S/C16H22N4O/c1-11-9-13(10-12(2)18-11)14-19-15(21-20-14)16(17)7-5-3-4-6-8-16/h9-10H,3-8,17H2,1-2H3. The molecule has 112 valence electrons. The van der Waals surface area contributed by atoms with Crippen molar-refractivity contribution >= 4 is 0 Å². The van der Waals surface area contributed by atoms with Crippen molar-refractivity contribution in [3.63, 3.8) is 0 Å². The highest BCUT2D eigenvalue weighted by molar-refractivity contribution is 5.55. The highest BCUT2D eigenvalue weighted by Crippen LogP contribution is 2.33. The van der Waals surface area contributed by atoms with Crippen LogP contribution in [-0.4, -0.2) is 15.1 Å². The molecule has 1 saturated carbocycles. The molecule has 2 N–H and O–H groups in total. The fourth-order valence-electron chi connectivity index (χ4n) is 3.08. The van der Waals surface area contributed by atoms with Gasteiger partial charge in [0.15, 0.2) is 0 Å². The van der Waals surface area contributed by atoms with Crippen molar-refractivity contribution in [2.45, 2.75) is 57.9 Å². The van der Waals surface area contributed by atoms with Gasteiger partial charge >= 0.3 is 0 Å². The second-order valence-corrected chi connectivity index (χ2v) is 6.13. The molecule has 3 rings (SSSR count). The van der Waals surface area contributed by atoms with Crippen LogP contribution in [0, 0.1) is 13.8 Å². The maximum atomic E-state index is 6.52. The monoisotopic (exact) mass is 286 g/mol. The maximum Gasteiger partial charge on any atom is 0.247 e. The molecule has 1 aliphatic rings. The van der Waals surface area contributed by atoms with Gasteiger partial charge in [0.1, 0.15) is 0 Å². The molecule has 0 saturated heterocycles. The van der Waals surface area contributed by atoms with Crippen LogP contribution in [0.5, 0.6) is 0 Å². The number of aromatic nitrogens is 3. The predicted octanol–water partition coefficient (Wildman–Crippen LogP) is 3.26.